The zero-order valence-electron chi connectivity index (χ0n) is 20.5. The number of piperidine rings is 1. The Morgan fingerprint density at radius 1 is 0.972 bits per heavy atom. The van der Waals surface area contributed by atoms with E-state index in [2.05, 4.69) is 64.6 Å². The number of fused-ring (bicyclic) bond motifs is 5. The van der Waals surface area contributed by atoms with Crippen molar-refractivity contribution in [2.45, 2.75) is 43.7 Å². The SMILES string of the molecule is COc1ncc(C2=CC3CCCC(C2)N3C(=O)OCC2c3ccccc3-c3ccccc32)c(OC)n1. The first kappa shape index (κ1) is 22.6. The summed E-state index contributed by atoms with van der Waals surface area (Å²) in [7, 11) is 3.13. The summed E-state index contributed by atoms with van der Waals surface area (Å²) in [5.74, 6) is 0.540. The third-order valence-electron chi connectivity index (χ3n) is 7.64. The van der Waals surface area contributed by atoms with Crippen LogP contribution in [0.2, 0.25) is 0 Å². The van der Waals surface area contributed by atoms with Gasteiger partial charge in [-0.1, -0.05) is 54.6 Å². The maximum atomic E-state index is 13.5. The molecule has 2 atom stereocenters. The molecule has 1 amide bonds. The second-order valence-corrected chi connectivity index (χ2v) is 9.54. The van der Waals surface area contributed by atoms with Gasteiger partial charge < -0.3 is 14.2 Å². The van der Waals surface area contributed by atoms with E-state index in [4.69, 9.17) is 14.2 Å². The average Bonchev–Trinajstić information content (AvgIpc) is 3.24. The quantitative estimate of drug-likeness (QED) is 0.480. The normalized spacial score (nSPS) is 20.3. The van der Waals surface area contributed by atoms with E-state index in [1.165, 1.54) is 29.4 Å². The number of rotatable bonds is 5. The molecule has 6 rings (SSSR count). The molecule has 0 radical (unpaired) electrons. The molecule has 0 saturated carbocycles. The number of hydrogen-bond donors (Lipinski definition) is 0. The molecule has 3 aromatic rings. The zero-order valence-corrected chi connectivity index (χ0v) is 20.5. The van der Waals surface area contributed by atoms with Gasteiger partial charge in [0.1, 0.15) is 6.61 Å². The van der Waals surface area contributed by atoms with Crippen LogP contribution in [0.25, 0.3) is 16.7 Å². The van der Waals surface area contributed by atoms with E-state index in [0.29, 0.717) is 18.9 Å². The Kier molecular flexibility index (Phi) is 5.83. The van der Waals surface area contributed by atoms with Crippen molar-refractivity contribution < 1.29 is 19.0 Å². The molecule has 0 N–H and O–H groups in total. The molecule has 3 heterocycles. The van der Waals surface area contributed by atoms with Crippen molar-refractivity contribution in [1.29, 1.82) is 0 Å². The van der Waals surface area contributed by atoms with E-state index in [0.717, 1.165) is 30.4 Å². The van der Waals surface area contributed by atoms with Crippen molar-refractivity contribution in [2.75, 3.05) is 20.8 Å². The molecule has 7 nitrogen and oxygen atoms in total. The molecule has 1 saturated heterocycles. The number of benzene rings is 2. The molecule has 1 aliphatic carbocycles. The third kappa shape index (κ3) is 3.79. The summed E-state index contributed by atoms with van der Waals surface area (Å²) in [6.07, 6.45) is 7.32. The van der Waals surface area contributed by atoms with Gasteiger partial charge in [-0.05, 0) is 53.5 Å². The van der Waals surface area contributed by atoms with E-state index in [1.807, 2.05) is 4.90 Å². The Balaban J connectivity index is 1.22. The Labute approximate surface area is 210 Å². The summed E-state index contributed by atoms with van der Waals surface area (Å²) in [5, 5.41) is 0. The molecular weight excluding hydrogens is 454 g/mol. The molecule has 184 valence electrons. The second-order valence-electron chi connectivity index (χ2n) is 9.54. The van der Waals surface area contributed by atoms with Gasteiger partial charge in [0.05, 0.1) is 25.8 Å². The minimum Gasteiger partial charge on any atom is -0.480 e. The fraction of sp³-hybridized carbons (Fsp3) is 0.345. The highest BCUT2D eigenvalue weighted by molar-refractivity contribution is 5.79. The number of nitrogens with zero attached hydrogens (tertiary/aromatic N) is 3. The van der Waals surface area contributed by atoms with Crippen molar-refractivity contribution in [3.8, 4) is 23.0 Å². The van der Waals surface area contributed by atoms with Crippen LogP contribution in [0, 0.1) is 0 Å². The maximum Gasteiger partial charge on any atom is 0.410 e. The van der Waals surface area contributed by atoms with Gasteiger partial charge in [0.15, 0.2) is 0 Å². The number of carbonyl (C=O) groups is 1. The van der Waals surface area contributed by atoms with Crippen molar-refractivity contribution in [2.24, 2.45) is 0 Å². The van der Waals surface area contributed by atoms with E-state index < -0.39 is 0 Å². The number of methoxy groups -OCH3 is 2. The highest BCUT2D eigenvalue weighted by atomic mass is 16.6. The lowest BCUT2D eigenvalue weighted by atomic mass is 9.83. The van der Waals surface area contributed by atoms with Gasteiger partial charge in [-0.3, -0.25) is 4.90 Å². The van der Waals surface area contributed by atoms with Gasteiger partial charge in [0, 0.05) is 18.2 Å². The van der Waals surface area contributed by atoms with E-state index in [-0.39, 0.29) is 30.1 Å². The number of amides is 1. The highest BCUT2D eigenvalue weighted by Gasteiger charge is 2.39. The van der Waals surface area contributed by atoms with Crippen LogP contribution in [-0.4, -0.2) is 53.9 Å². The van der Waals surface area contributed by atoms with E-state index in [9.17, 15) is 4.79 Å². The van der Waals surface area contributed by atoms with Gasteiger partial charge in [-0.15, -0.1) is 0 Å². The number of ether oxygens (including phenoxy) is 3. The lowest BCUT2D eigenvalue weighted by Gasteiger charge is -2.44. The van der Waals surface area contributed by atoms with Crippen molar-refractivity contribution in [1.82, 2.24) is 14.9 Å². The molecule has 3 aliphatic rings. The van der Waals surface area contributed by atoms with Crippen LogP contribution in [0.3, 0.4) is 0 Å². The summed E-state index contributed by atoms with van der Waals surface area (Å²) in [6, 6.07) is 17.1. The predicted octanol–water partition coefficient (Wildman–Crippen LogP) is 5.45. The smallest absolute Gasteiger partial charge is 0.410 e. The van der Waals surface area contributed by atoms with Crippen LogP contribution in [0.15, 0.2) is 60.8 Å². The van der Waals surface area contributed by atoms with Crippen LogP contribution in [0.4, 0.5) is 4.79 Å². The van der Waals surface area contributed by atoms with Gasteiger partial charge in [0.2, 0.25) is 5.88 Å². The van der Waals surface area contributed by atoms with Gasteiger partial charge in [0.25, 0.3) is 0 Å². The van der Waals surface area contributed by atoms with E-state index in [1.54, 1.807) is 13.3 Å². The minimum atomic E-state index is -0.236. The third-order valence-corrected chi connectivity index (χ3v) is 7.64. The summed E-state index contributed by atoms with van der Waals surface area (Å²) in [4.78, 5) is 24.0. The summed E-state index contributed by atoms with van der Waals surface area (Å²) in [6.45, 7) is 0.333. The average molecular weight is 484 g/mol. The van der Waals surface area contributed by atoms with Gasteiger partial charge in [-0.2, -0.15) is 4.98 Å². The summed E-state index contributed by atoms with van der Waals surface area (Å²) < 4.78 is 16.7. The van der Waals surface area contributed by atoms with Crippen molar-refractivity contribution >= 4 is 11.7 Å². The number of hydrogen-bond acceptors (Lipinski definition) is 6. The molecule has 2 bridgehead atoms. The van der Waals surface area contributed by atoms with Crippen LogP contribution >= 0.6 is 0 Å². The molecule has 0 spiro atoms. The largest absolute Gasteiger partial charge is 0.480 e. The Bertz CT molecular complexity index is 1290. The Morgan fingerprint density at radius 2 is 1.69 bits per heavy atom. The van der Waals surface area contributed by atoms with E-state index >= 15 is 0 Å². The Hall–Kier alpha value is -3.87. The molecular formula is C29H29N3O4. The Morgan fingerprint density at radius 3 is 2.36 bits per heavy atom. The first-order valence-electron chi connectivity index (χ1n) is 12.5. The number of carbonyl (C=O) groups excluding carboxylic acids is 1. The molecule has 2 unspecified atom stereocenters. The summed E-state index contributed by atoms with van der Waals surface area (Å²) >= 11 is 0. The van der Waals surface area contributed by atoms with Crippen LogP contribution < -0.4 is 9.47 Å². The molecule has 7 heteroatoms. The molecule has 36 heavy (non-hydrogen) atoms. The highest BCUT2D eigenvalue weighted by Crippen LogP contribution is 2.45. The second kappa shape index (κ2) is 9.30. The maximum absolute atomic E-state index is 13.5. The monoisotopic (exact) mass is 483 g/mol. The predicted molar refractivity (Wildman–Crippen MR) is 136 cm³/mol. The fourth-order valence-corrected chi connectivity index (χ4v) is 6.01. The van der Waals surface area contributed by atoms with Crippen molar-refractivity contribution in [3.05, 3.63) is 77.5 Å². The molecule has 2 aliphatic heterocycles. The van der Waals surface area contributed by atoms with Crippen molar-refractivity contribution in [3.63, 3.8) is 0 Å². The minimum absolute atomic E-state index is 0.0186. The molecule has 1 fully saturated rings. The standard InChI is InChI=1S/C29H29N3O4/c1-34-27-25(16-30-28(31-27)35-2)18-14-19-8-7-9-20(15-18)32(19)29(33)36-17-26-23-12-5-3-10-21(23)22-11-4-6-13-24(22)26/h3-6,10-14,16,19-20,26H,7-9,15,17H2,1-2H3. The number of aromatic nitrogens is 2. The summed E-state index contributed by atoms with van der Waals surface area (Å²) in [5.41, 5.74) is 6.85. The lowest BCUT2D eigenvalue weighted by molar-refractivity contribution is 0.0538. The molecule has 1 aromatic heterocycles. The lowest BCUT2D eigenvalue weighted by Crippen LogP contribution is -2.51. The van der Waals surface area contributed by atoms with Crippen LogP contribution in [0.5, 0.6) is 11.9 Å². The molecule has 2 aromatic carbocycles. The topological polar surface area (TPSA) is 73.8 Å². The van der Waals surface area contributed by atoms with Crippen LogP contribution in [0.1, 0.15) is 48.3 Å². The fourth-order valence-electron chi connectivity index (χ4n) is 6.01. The van der Waals surface area contributed by atoms with Gasteiger partial charge in [-0.25, -0.2) is 9.78 Å². The zero-order chi connectivity index (χ0) is 24.6. The first-order chi connectivity index (χ1) is 17.7. The van der Waals surface area contributed by atoms with Crippen LogP contribution in [-0.2, 0) is 4.74 Å². The first-order valence-corrected chi connectivity index (χ1v) is 12.5. The van der Waals surface area contributed by atoms with Gasteiger partial charge >= 0.3 is 12.1 Å².